The molecule has 0 unspecified atom stereocenters. The number of hydrogen-bond donors (Lipinski definition) is 0. The lowest BCUT2D eigenvalue weighted by Crippen LogP contribution is -2.08. The van der Waals surface area contributed by atoms with E-state index in [2.05, 4.69) is 0 Å². The van der Waals surface area contributed by atoms with E-state index < -0.39 is 15.8 Å². The number of sulfone groups is 1. The third-order valence-corrected chi connectivity index (χ3v) is 4.80. The zero-order valence-corrected chi connectivity index (χ0v) is 10.6. The van der Waals surface area contributed by atoms with Gasteiger partial charge in [-0.3, -0.25) is 0 Å². The minimum Gasteiger partial charge on any atom is -0.462 e. The Morgan fingerprint density at radius 2 is 2.12 bits per heavy atom. The Morgan fingerprint density at radius 1 is 1.41 bits per heavy atom. The molecule has 0 aliphatic carbocycles. The van der Waals surface area contributed by atoms with Gasteiger partial charge in [-0.1, -0.05) is 0 Å². The molecule has 92 valence electrons. The van der Waals surface area contributed by atoms with E-state index in [1.807, 2.05) is 0 Å². The van der Waals surface area contributed by atoms with Crippen LogP contribution in [0.2, 0.25) is 0 Å². The van der Waals surface area contributed by atoms with Crippen LogP contribution in [0.15, 0.2) is 17.0 Å². The van der Waals surface area contributed by atoms with Crippen LogP contribution in [0.5, 0.6) is 0 Å². The lowest BCUT2D eigenvalue weighted by atomic mass is 10.0. The van der Waals surface area contributed by atoms with Gasteiger partial charge in [0, 0.05) is 0 Å². The van der Waals surface area contributed by atoms with Gasteiger partial charge in [0.25, 0.3) is 0 Å². The summed E-state index contributed by atoms with van der Waals surface area (Å²) < 4.78 is 28.3. The fraction of sp³-hybridized carbons (Fsp3) is 0.417. The van der Waals surface area contributed by atoms with Crippen molar-refractivity contribution in [1.29, 1.82) is 0 Å². The van der Waals surface area contributed by atoms with Crippen LogP contribution in [-0.4, -0.2) is 26.7 Å². The number of esters is 1. The van der Waals surface area contributed by atoms with Crippen LogP contribution in [0.1, 0.15) is 28.4 Å². The summed E-state index contributed by atoms with van der Waals surface area (Å²) in [5.41, 5.74) is 1.94. The third-order valence-electron chi connectivity index (χ3n) is 3.01. The van der Waals surface area contributed by atoms with E-state index in [9.17, 15) is 13.2 Å². The topological polar surface area (TPSA) is 60.4 Å². The highest BCUT2D eigenvalue weighted by atomic mass is 32.2. The van der Waals surface area contributed by atoms with Gasteiger partial charge in [-0.15, -0.1) is 0 Å². The Bertz CT molecular complexity index is 572. The highest BCUT2D eigenvalue weighted by molar-refractivity contribution is 7.91. The molecule has 0 N–H and O–H groups in total. The zero-order chi connectivity index (χ0) is 12.6. The van der Waals surface area contributed by atoms with E-state index in [1.165, 1.54) is 12.1 Å². The van der Waals surface area contributed by atoms with Gasteiger partial charge in [-0.25, -0.2) is 13.2 Å². The lowest BCUT2D eigenvalue weighted by Gasteiger charge is -2.09. The van der Waals surface area contributed by atoms with Crippen molar-refractivity contribution in [2.75, 3.05) is 12.4 Å². The van der Waals surface area contributed by atoms with Crippen molar-refractivity contribution in [2.45, 2.75) is 25.2 Å². The van der Waals surface area contributed by atoms with Gasteiger partial charge in [0.1, 0.15) is 0 Å². The molecule has 0 fully saturated rings. The molecule has 0 amide bonds. The van der Waals surface area contributed by atoms with Gasteiger partial charge < -0.3 is 4.74 Å². The Kier molecular flexibility index (Phi) is 2.95. The van der Waals surface area contributed by atoms with Gasteiger partial charge in [0.05, 0.1) is 22.8 Å². The van der Waals surface area contributed by atoms with E-state index in [0.29, 0.717) is 23.5 Å². The normalized spacial score (nSPS) is 16.6. The molecule has 1 aliphatic heterocycles. The molecule has 1 aromatic rings. The first-order valence-electron chi connectivity index (χ1n) is 5.49. The Labute approximate surface area is 101 Å². The number of rotatable bonds is 2. The smallest absolute Gasteiger partial charge is 0.338 e. The third kappa shape index (κ3) is 1.95. The predicted octanol–water partition coefficient (Wildman–Crippen LogP) is 1.50. The molecule has 0 saturated heterocycles. The molecule has 4 nitrogen and oxygen atoms in total. The van der Waals surface area contributed by atoms with Crippen LogP contribution in [0.4, 0.5) is 0 Å². The van der Waals surface area contributed by atoms with Gasteiger partial charge in [-0.05, 0) is 43.5 Å². The van der Waals surface area contributed by atoms with Crippen LogP contribution >= 0.6 is 0 Å². The Balaban J connectivity index is 2.53. The van der Waals surface area contributed by atoms with Crippen LogP contribution < -0.4 is 0 Å². The average molecular weight is 254 g/mol. The summed E-state index contributed by atoms with van der Waals surface area (Å²) in [4.78, 5) is 12.0. The second kappa shape index (κ2) is 4.14. The number of carbonyl (C=O) groups excluding carboxylic acids is 1. The van der Waals surface area contributed by atoms with Gasteiger partial charge in [-0.2, -0.15) is 0 Å². The minimum absolute atomic E-state index is 0.134. The second-order valence-electron chi connectivity index (χ2n) is 4.00. The van der Waals surface area contributed by atoms with Gasteiger partial charge in [0.2, 0.25) is 0 Å². The van der Waals surface area contributed by atoms with Crippen LogP contribution in [0.25, 0.3) is 0 Å². The molecule has 0 saturated carbocycles. The number of fused-ring (bicyclic) bond motifs is 1. The molecule has 0 spiro atoms. The van der Waals surface area contributed by atoms with Gasteiger partial charge in [0.15, 0.2) is 9.84 Å². The number of carbonyl (C=O) groups is 1. The van der Waals surface area contributed by atoms with Crippen LogP contribution in [0, 0.1) is 6.92 Å². The number of hydrogen-bond acceptors (Lipinski definition) is 4. The molecule has 5 heteroatoms. The first-order chi connectivity index (χ1) is 7.97. The molecule has 0 bridgehead atoms. The quantitative estimate of drug-likeness (QED) is 0.750. The number of ether oxygens (including phenoxy) is 1. The minimum atomic E-state index is -3.13. The molecular formula is C12H14O4S. The maximum Gasteiger partial charge on any atom is 0.338 e. The second-order valence-corrected chi connectivity index (χ2v) is 6.08. The zero-order valence-electron chi connectivity index (χ0n) is 9.82. The highest BCUT2D eigenvalue weighted by Crippen LogP contribution is 2.30. The molecule has 17 heavy (non-hydrogen) atoms. The van der Waals surface area contributed by atoms with Crippen LogP contribution in [-0.2, 0) is 21.0 Å². The fourth-order valence-corrected chi connectivity index (χ4v) is 3.71. The Morgan fingerprint density at radius 3 is 2.76 bits per heavy atom. The van der Waals surface area contributed by atoms with Crippen molar-refractivity contribution in [3.05, 3.63) is 28.8 Å². The van der Waals surface area contributed by atoms with E-state index in [0.717, 1.165) is 11.1 Å². The van der Waals surface area contributed by atoms with Crippen molar-refractivity contribution < 1.29 is 17.9 Å². The summed E-state index contributed by atoms with van der Waals surface area (Å²) in [6, 6.07) is 3.05. The highest BCUT2D eigenvalue weighted by Gasteiger charge is 2.29. The lowest BCUT2D eigenvalue weighted by molar-refractivity contribution is 0.0525. The van der Waals surface area contributed by atoms with Crippen molar-refractivity contribution in [1.82, 2.24) is 0 Å². The number of benzene rings is 1. The van der Waals surface area contributed by atoms with Gasteiger partial charge >= 0.3 is 5.97 Å². The monoisotopic (exact) mass is 254 g/mol. The van der Waals surface area contributed by atoms with E-state index in [1.54, 1.807) is 13.8 Å². The summed E-state index contributed by atoms with van der Waals surface area (Å²) in [6.45, 7) is 3.82. The summed E-state index contributed by atoms with van der Waals surface area (Å²) in [6.07, 6.45) is 0.483. The molecule has 1 aliphatic rings. The molecular weight excluding hydrogens is 240 g/mol. The average Bonchev–Trinajstić information content (AvgIpc) is 2.56. The molecule has 0 atom stereocenters. The maximum atomic E-state index is 11.7. The molecule has 0 aromatic heterocycles. The van der Waals surface area contributed by atoms with Crippen molar-refractivity contribution in [2.24, 2.45) is 0 Å². The molecule has 2 rings (SSSR count). The molecule has 1 aromatic carbocycles. The molecule has 0 radical (unpaired) electrons. The Hall–Kier alpha value is -1.36. The van der Waals surface area contributed by atoms with Crippen molar-refractivity contribution in [3.8, 4) is 0 Å². The molecule has 1 heterocycles. The summed E-state index contributed by atoms with van der Waals surface area (Å²) in [5.74, 6) is -0.257. The van der Waals surface area contributed by atoms with E-state index in [4.69, 9.17) is 4.74 Å². The SMILES string of the molecule is CCOC(=O)c1ccc2c(c1C)CCS2(=O)=O. The first-order valence-corrected chi connectivity index (χ1v) is 7.15. The maximum absolute atomic E-state index is 11.7. The van der Waals surface area contributed by atoms with E-state index in [-0.39, 0.29) is 5.75 Å². The predicted molar refractivity (Wildman–Crippen MR) is 62.9 cm³/mol. The van der Waals surface area contributed by atoms with Crippen molar-refractivity contribution >= 4 is 15.8 Å². The summed E-state index contributed by atoms with van der Waals surface area (Å²) in [5, 5.41) is 0. The van der Waals surface area contributed by atoms with Crippen molar-refractivity contribution in [3.63, 3.8) is 0 Å². The summed E-state index contributed by atoms with van der Waals surface area (Å²) >= 11 is 0. The summed E-state index contributed by atoms with van der Waals surface area (Å²) in [7, 11) is -3.13. The first kappa shape index (κ1) is 12.1. The van der Waals surface area contributed by atoms with E-state index >= 15 is 0 Å². The fourth-order valence-electron chi connectivity index (χ4n) is 2.11. The van der Waals surface area contributed by atoms with Crippen LogP contribution in [0.3, 0.4) is 0 Å². The standard InChI is InChI=1S/C12H14O4S/c1-3-16-12(13)10-4-5-11-9(8(10)2)6-7-17(11,14)15/h4-5H,3,6-7H2,1-2H3. The largest absolute Gasteiger partial charge is 0.462 e.